The lowest BCUT2D eigenvalue weighted by Gasteiger charge is -2.19. The second-order valence-corrected chi connectivity index (χ2v) is 3.32. The van der Waals surface area contributed by atoms with Gasteiger partial charge < -0.3 is 15.8 Å². The first kappa shape index (κ1) is 15.2. The molecule has 2 amide bonds. The Bertz CT molecular complexity index is 185. The minimum atomic E-state index is -0.638. The Morgan fingerprint density at radius 1 is 1.29 bits per heavy atom. The molecule has 0 atom stereocenters. The molecule has 0 rings (SSSR count). The van der Waals surface area contributed by atoms with Crippen molar-refractivity contribution in [3.8, 4) is 0 Å². The second kappa shape index (κ2) is 7.17. The second-order valence-electron chi connectivity index (χ2n) is 3.32. The predicted molar refractivity (Wildman–Crippen MR) is 54.8 cm³/mol. The maximum absolute atomic E-state index is 10.8. The van der Waals surface area contributed by atoms with Crippen molar-refractivity contribution in [1.29, 1.82) is 0 Å². The van der Waals surface area contributed by atoms with Crippen LogP contribution in [-0.2, 0) is 9.53 Å². The zero-order chi connectivity index (χ0) is 11.8. The van der Waals surface area contributed by atoms with E-state index in [1.165, 1.54) is 0 Å². The Balaban J connectivity index is 0. The molecule has 0 aliphatic heterocycles. The number of ether oxygens (including phenoxy) is 1. The van der Waals surface area contributed by atoms with Crippen LogP contribution in [0.4, 0.5) is 4.79 Å². The normalized spacial score (nSPS) is 9.50. The van der Waals surface area contributed by atoms with E-state index >= 15 is 0 Å². The molecule has 0 aliphatic rings. The zero-order valence-electron chi connectivity index (χ0n) is 9.51. The van der Waals surface area contributed by atoms with E-state index in [4.69, 9.17) is 10.5 Å². The molecule has 0 aromatic heterocycles. The molecule has 0 radical (unpaired) electrons. The van der Waals surface area contributed by atoms with E-state index in [2.05, 4.69) is 5.32 Å². The van der Waals surface area contributed by atoms with Gasteiger partial charge in [-0.2, -0.15) is 0 Å². The van der Waals surface area contributed by atoms with Gasteiger partial charge in [0.05, 0.1) is 6.54 Å². The summed E-state index contributed by atoms with van der Waals surface area (Å²) in [6.07, 6.45) is -0.638. The molecule has 0 spiro atoms. The van der Waals surface area contributed by atoms with Crippen LogP contribution >= 0.6 is 0 Å². The Kier molecular flexibility index (Phi) is 7.80. The third kappa shape index (κ3) is 13.3. The Hall–Kier alpha value is -1.26. The molecular weight excluding hydrogens is 184 g/mol. The van der Waals surface area contributed by atoms with Crippen molar-refractivity contribution >= 4 is 12.0 Å². The van der Waals surface area contributed by atoms with Crippen LogP contribution in [0.25, 0.3) is 0 Å². The molecule has 0 aromatic rings. The molecule has 0 aromatic carbocycles. The smallest absolute Gasteiger partial charge is 0.408 e. The summed E-state index contributed by atoms with van der Waals surface area (Å²) >= 11 is 0. The molecule has 84 valence electrons. The summed E-state index contributed by atoms with van der Waals surface area (Å²) in [6.45, 7) is 9.00. The minimum absolute atomic E-state index is 0.199. The van der Waals surface area contributed by atoms with Crippen LogP contribution in [-0.4, -0.2) is 24.1 Å². The molecule has 0 unspecified atom stereocenters. The summed E-state index contributed by atoms with van der Waals surface area (Å²) < 4.78 is 4.83. The molecule has 0 saturated heterocycles. The lowest BCUT2D eigenvalue weighted by atomic mass is 10.2. The Labute approximate surface area is 85.0 Å². The van der Waals surface area contributed by atoms with Crippen molar-refractivity contribution in [3.63, 3.8) is 0 Å². The van der Waals surface area contributed by atoms with E-state index < -0.39 is 17.6 Å². The quantitative estimate of drug-likeness (QED) is 0.704. The fourth-order valence-electron chi connectivity index (χ4n) is 0.473. The van der Waals surface area contributed by atoms with E-state index in [0.29, 0.717) is 0 Å². The van der Waals surface area contributed by atoms with Gasteiger partial charge in [0.2, 0.25) is 5.91 Å². The first-order valence-electron chi connectivity index (χ1n) is 4.56. The van der Waals surface area contributed by atoms with E-state index in [-0.39, 0.29) is 6.54 Å². The number of hydrogen-bond acceptors (Lipinski definition) is 3. The van der Waals surface area contributed by atoms with Crippen LogP contribution in [0.15, 0.2) is 0 Å². The number of nitrogens with one attached hydrogen (secondary N) is 1. The largest absolute Gasteiger partial charge is 0.444 e. The van der Waals surface area contributed by atoms with Crippen molar-refractivity contribution in [2.45, 2.75) is 40.2 Å². The first-order chi connectivity index (χ1) is 6.31. The van der Waals surface area contributed by atoms with Gasteiger partial charge in [-0.1, -0.05) is 13.8 Å². The maximum atomic E-state index is 10.8. The molecule has 0 heterocycles. The van der Waals surface area contributed by atoms with Crippen LogP contribution in [0.5, 0.6) is 0 Å². The summed E-state index contributed by atoms with van der Waals surface area (Å²) in [6, 6.07) is 0. The highest BCUT2D eigenvalue weighted by atomic mass is 16.6. The molecule has 0 fully saturated rings. The Morgan fingerprint density at radius 2 is 1.71 bits per heavy atom. The fraction of sp³-hybridized carbons (Fsp3) is 0.778. The molecule has 0 saturated carbocycles. The van der Waals surface area contributed by atoms with Gasteiger partial charge in [0.1, 0.15) is 5.60 Å². The highest BCUT2D eigenvalue weighted by Crippen LogP contribution is 2.05. The number of nitrogens with two attached hydrogens (primary N) is 1. The predicted octanol–water partition coefficient (Wildman–Crippen LogP) is 1.02. The van der Waals surface area contributed by atoms with Crippen LogP contribution in [0.3, 0.4) is 0 Å². The van der Waals surface area contributed by atoms with Gasteiger partial charge in [-0.15, -0.1) is 0 Å². The number of hydrogen-bond donors (Lipinski definition) is 2. The lowest BCUT2D eigenvalue weighted by Crippen LogP contribution is -2.37. The fourth-order valence-corrected chi connectivity index (χ4v) is 0.473. The highest BCUT2D eigenvalue weighted by molar-refractivity contribution is 5.80. The lowest BCUT2D eigenvalue weighted by molar-refractivity contribution is -0.117. The average Bonchev–Trinajstić information content (AvgIpc) is 2.02. The van der Waals surface area contributed by atoms with Crippen molar-refractivity contribution in [1.82, 2.24) is 5.32 Å². The van der Waals surface area contributed by atoms with Crippen LogP contribution in [0.1, 0.15) is 34.6 Å². The standard InChI is InChI=1S/C7H14N2O3.C2H6/c1-7(2,3)12-6(11)9-4-5(8)10;1-2/h4H2,1-3H3,(H2,8,10)(H,9,11);1-2H3. The number of carbonyl (C=O) groups excluding carboxylic acids is 2. The average molecular weight is 204 g/mol. The van der Waals surface area contributed by atoms with Crippen molar-refractivity contribution in [2.24, 2.45) is 5.73 Å². The van der Waals surface area contributed by atoms with Gasteiger partial charge in [0.25, 0.3) is 0 Å². The third-order valence-electron chi connectivity index (χ3n) is 0.806. The molecule has 14 heavy (non-hydrogen) atoms. The molecule has 5 nitrogen and oxygen atoms in total. The van der Waals surface area contributed by atoms with Crippen LogP contribution < -0.4 is 11.1 Å². The monoisotopic (exact) mass is 204 g/mol. The van der Waals surface area contributed by atoms with Crippen LogP contribution in [0.2, 0.25) is 0 Å². The van der Waals surface area contributed by atoms with Crippen molar-refractivity contribution in [2.75, 3.05) is 6.54 Å². The Morgan fingerprint density at radius 3 is 2.00 bits per heavy atom. The van der Waals surface area contributed by atoms with Gasteiger partial charge in [-0.05, 0) is 20.8 Å². The van der Waals surface area contributed by atoms with Crippen LogP contribution in [0, 0.1) is 0 Å². The van der Waals surface area contributed by atoms with Crippen molar-refractivity contribution in [3.05, 3.63) is 0 Å². The number of amides is 2. The van der Waals surface area contributed by atoms with E-state index in [1.54, 1.807) is 20.8 Å². The van der Waals surface area contributed by atoms with E-state index in [1.807, 2.05) is 13.8 Å². The third-order valence-corrected chi connectivity index (χ3v) is 0.806. The minimum Gasteiger partial charge on any atom is -0.444 e. The molecule has 5 heteroatoms. The number of rotatable bonds is 2. The number of primary amides is 1. The summed E-state index contributed by atoms with van der Waals surface area (Å²) in [4.78, 5) is 21.0. The van der Waals surface area contributed by atoms with Crippen molar-refractivity contribution < 1.29 is 14.3 Å². The number of alkyl carbamates (subject to hydrolysis) is 1. The van der Waals surface area contributed by atoms with Gasteiger partial charge >= 0.3 is 6.09 Å². The van der Waals surface area contributed by atoms with E-state index in [0.717, 1.165) is 0 Å². The van der Waals surface area contributed by atoms with Gasteiger partial charge in [0.15, 0.2) is 0 Å². The molecule has 0 bridgehead atoms. The first-order valence-corrected chi connectivity index (χ1v) is 4.56. The topological polar surface area (TPSA) is 81.4 Å². The van der Waals surface area contributed by atoms with Gasteiger partial charge in [-0.3, -0.25) is 4.79 Å². The van der Waals surface area contributed by atoms with E-state index in [9.17, 15) is 9.59 Å². The molecule has 0 aliphatic carbocycles. The highest BCUT2D eigenvalue weighted by Gasteiger charge is 2.15. The molecular formula is C9H20N2O3. The van der Waals surface area contributed by atoms with Gasteiger partial charge in [0, 0.05) is 0 Å². The summed E-state index contributed by atoms with van der Waals surface area (Å²) in [7, 11) is 0. The SMILES string of the molecule is CC.CC(C)(C)OC(=O)NCC(N)=O. The summed E-state index contributed by atoms with van der Waals surface area (Å²) in [5.41, 5.74) is 4.24. The molecule has 3 N–H and O–H groups in total. The number of carbonyl (C=O) groups is 2. The summed E-state index contributed by atoms with van der Waals surface area (Å²) in [5.74, 6) is -0.596. The zero-order valence-corrected chi connectivity index (χ0v) is 9.51. The van der Waals surface area contributed by atoms with Gasteiger partial charge in [-0.25, -0.2) is 4.79 Å². The maximum Gasteiger partial charge on any atom is 0.408 e. The summed E-state index contributed by atoms with van der Waals surface area (Å²) in [5, 5.41) is 2.20.